The Balaban J connectivity index is 1.62. The first-order valence-corrected chi connectivity index (χ1v) is 19.2. The molecule has 17 heteroatoms. The summed E-state index contributed by atoms with van der Waals surface area (Å²) in [5.41, 5.74) is -1.99. The van der Waals surface area contributed by atoms with Crippen LogP contribution in [0.1, 0.15) is 92.9 Å². The Labute approximate surface area is 300 Å². The number of nitrogens with two attached hydrogens (primary N) is 1. The first-order chi connectivity index (χ1) is 23.7. The van der Waals surface area contributed by atoms with E-state index < -0.39 is 79.6 Å². The van der Waals surface area contributed by atoms with Crippen molar-refractivity contribution in [3.8, 4) is 0 Å². The highest BCUT2D eigenvalue weighted by molar-refractivity contribution is 8.04. The molecular weight excluding hydrogens is 678 g/mol. The molecular formula is C34H55N9O7S. The van der Waals surface area contributed by atoms with Gasteiger partial charge in [0.2, 0.25) is 23.5 Å². The summed E-state index contributed by atoms with van der Waals surface area (Å²) in [6.07, 6.45) is 7.01. The maximum Gasteiger partial charge on any atom is 0.289 e. The van der Waals surface area contributed by atoms with Crippen molar-refractivity contribution in [2.75, 3.05) is 13.1 Å². The fourth-order valence-electron chi connectivity index (χ4n) is 7.92. The molecule has 4 aliphatic rings. The van der Waals surface area contributed by atoms with Gasteiger partial charge >= 0.3 is 0 Å². The molecule has 16 nitrogen and oxygen atoms in total. The van der Waals surface area contributed by atoms with Gasteiger partial charge in [-0.25, -0.2) is 8.42 Å². The van der Waals surface area contributed by atoms with Gasteiger partial charge in [0.25, 0.3) is 21.1 Å². The van der Waals surface area contributed by atoms with Gasteiger partial charge in [0.15, 0.2) is 0 Å². The van der Waals surface area contributed by atoms with Crippen LogP contribution < -0.4 is 26.5 Å². The fraction of sp³-hybridized carbons (Fsp3) is 0.765. The number of hydrogen-bond donors (Lipinski definition) is 6. The van der Waals surface area contributed by atoms with E-state index in [9.17, 15) is 32.4 Å². The van der Waals surface area contributed by atoms with Crippen LogP contribution in [0.3, 0.4) is 0 Å². The number of likely N-dealkylation sites (tertiary alicyclic amines) is 1. The number of rotatable bonds is 14. The molecule has 0 spiro atoms. The van der Waals surface area contributed by atoms with Gasteiger partial charge in [-0.2, -0.15) is 4.72 Å². The van der Waals surface area contributed by atoms with Gasteiger partial charge in [0.1, 0.15) is 18.1 Å². The largest absolute Gasteiger partial charge is 0.346 e. The predicted molar refractivity (Wildman–Crippen MR) is 189 cm³/mol. The lowest BCUT2D eigenvalue weighted by atomic mass is 9.70. The number of ketones is 1. The maximum atomic E-state index is 14.6. The van der Waals surface area contributed by atoms with Gasteiger partial charge < -0.3 is 26.7 Å². The van der Waals surface area contributed by atoms with Crippen molar-refractivity contribution in [3.05, 3.63) is 12.7 Å². The van der Waals surface area contributed by atoms with E-state index in [1.807, 2.05) is 13.8 Å². The lowest BCUT2D eigenvalue weighted by molar-refractivity contribution is -0.147. The molecule has 1 heterocycles. The molecule has 0 aromatic rings. The zero-order valence-electron chi connectivity index (χ0n) is 30.6. The van der Waals surface area contributed by atoms with E-state index in [2.05, 4.69) is 37.6 Å². The van der Waals surface area contributed by atoms with Crippen molar-refractivity contribution < 1.29 is 32.4 Å². The standard InChI is InChI=1S/C34H55N9O7S/c1-8-16-37-28(46)24(44)21(17-19-12-13-19)38-27(45)23-22-20(33(22,5)6)18-43(23)30(48)26(32(2,3)4)39-29(47)25(34(7)14-10-9-11-15-34)41-51(49,50)31(35)40-42-36/h8,19-23,25-26,41H,1,9-18H2,2-7H3,(H,37,46)(H,38,45)(H,39,47)(H3,35,36,40)/t20-,21?,22-,23-,25+,26+/m0/s1. The van der Waals surface area contributed by atoms with Crippen LogP contribution in [0.4, 0.5) is 0 Å². The zero-order valence-corrected chi connectivity index (χ0v) is 31.4. The first-order valence-electron chi connectivity index (χ1n) is 17.8. The van der Waals surface area contributed by atoms with Gasteiger partial charge in [-0.3, -0.25) is 29.4 Å². The Bertz CT molecular complexity index is 1560. The van der Waals surface area contributed by atoms with Crippen LogP contribution in [0, 0.1) is 39.4 Å². The molecule has 0 bridgehead atoms. The van der Waals surface area contributed by atoms with Crippen LogP contribution in [0.25, 0.3) is 0 Å². The normalized spacial score (nSPS) is 25.5. The smallest absolute Gasteiger partial charge is 0.289 e. The van der Waals surface area contributed by atoms with Crippen LogP contribution in [0.5, 0.6) is 0 Å². The number of amidine groups is 1. The predicted octanol–water partition coefficient (Wildman–Crippen LogP) is 1.68. The van der Waals surface area contributed by atoms with Crippen LogP contribution in [-0.2, 0) is 34.0 Å². The summed E-state index contributed by atoms with van der Waals surface area (Å²) in [5.74, 6) is 1.58. The Morgan fingerprint density at radius 3 is 2.24 bits per heavy atom. The number of nitrogens with zero attached hydrogens (tertiary/aromatic N) is 3. The van der Waals surface area contributed by atoms with Crippen molar-refractivity contribution in [2.45, 2.75) is 117 Å². The minimum atomic E-state index is -4.61. The Hall–Kier alpha value is -3.73. The molecule has 1 unspecified atom stereocenters. The number of nitrogens with one attached hydrogen (secondary N) is 5. The van der Waals surface area contributed by atoms with Crippen molar-refractivity contribution in [2.24, 2.45) is 50.2 Å². The Kier molecular flexibility index (Phi) is 11.8. The van der Waals surface area contributed by atoms with E-state index in [0.717, 1.165) is 32.1 Å². The van der Waals surface area contributed by atoms with Gasteiger partial charge in [-0.15, -0.1) is 6.58 Å². The van der Waals surface area contributed by atoms with Crippen molar-refractivity contribution in [3.63, 3.8) is 0 Å². The number of fused-ring (bicyclic) bond motifs is 1. The van der Waals surface area contributed by atoms with Crippen LogP contribution in [0.15, 0.2) is 23.0 Å². The molecule has 1 aliphatic heterocycles. The first kappa shape index (κ1) is 40.0. The average Bonchev–Trinajstić information content (AvgIpc) is 3.91. The lowest BCUT2D eigenvalue weighted by Crippen LogP contribution is -2.64. The fourth-order valence-corrected chi connectivity index (χ4v) is 8.88. The minimum Gasteiger partial charge on any atom is -0.346 e. The third-order valence-corrected chi connectivity index (χ3v) is 12.5. The summed E-state index contributed by atoms with van der Waals surface area (Å²) >= 11 is 0. The number of sulfonamides is 1. The van der Waals surface area contributed by atoms with E-state index in [1.165, 1.54) is 11.0 Å². The number of amides is 4. The van der Waals surface area contributed by atoms with E-state index in [1.54, 1.807) is 27.7 Å². The maximum absolute atomic E-state index is 14.6. The molecule has 4 rings (SSSR count). The monoisotopic (exact) mass is 733 g/mol. The van der Waals surface area contributed by atoms with Crippen molar-refractivity contribution in [1.29, 1.82) is 5.41 Å². The van der Waals surface area contributed by atoms with E-state index in [4.69, 9.17) is 11.3 Å². The van der Waals surface area contributed by atoms with Gasteiger partial charge in [0.05, 0.1) is 6.04 Å². The molecule has 0 aromatic heterocycles. The van der Waals surface area contributed by atoms with Gasteiger partial charge in [0, 0.05) is 13.1 Å². The number of carbonyl (C=O) groups is 5. The van der Waals surface area contributed by atoms with Crippen LogP contribution in [0.2, 0.25) is 0 Å². The molecule has 1 saturated heterocycles. The Morgan fingerprint density at radius 1 is 1.06 bits per heavy atom. The third-order valence-electron chi connectivity index (χ3n) is 11.3. The summed E-state index contributed by atoms with van der Waals surface area (Å²) in [6.45, 7) is 15.0. The molecule has 4 amide bonds. The average molecular weight is 734 g/mol. The topological polar surface area (TPSA) is 245 Å². The molecule has 4 fully saturated rings. The molecule has 3 saturated carbocycles. The van der Waals surface area contributed by atoms with Gasteiger partial charge in [-0.1, -0.05) is 90.1 Å². The zero-order chi connectivity index (χ0) is 38.1. The van der Waals surface area contributed by atoms with E-state index >= 15 is 0 Å². The van der Waals surface area contributed by atoms with E-state index in [0.29, 0.717) is 19.3 Å². The second kappa shape index (κ2) is 15.1. The lowest BCUT2D eigenvalue weighted by Gasteiger charge is -2.42. The third kappa shape index (κ3) is 8.84. The highest BCUT2D eigenvalue weighted by Gasteiger charge is 2.70. The van der Waals surface area contributed by atoms with Crippen LogP contribution in [-0.4, -0.2) is 85.2 Å². The summed E-state index contributed by atoms with van der Waals surface area (Å²) in [7, 11) is -4.61. The highest BCUT2D eigenvalue weighted by Crippen LogP contribution is 2.65. The molecule has 7 N–H and O–H groups in total. The number of hydrogen-bond acceptors (Lipinski definition) is 9. The molecule has 51 heavy (non-hydrogen) atoms. The number of piperidine rings is 1. The quantitative estimate of drug-likeness (QED) is 0.0291. The summed E-state index contributed by atoms with van der Waals surface area (Å²) in [4.78, 5) is 70.2. The molecule has 6 atom stereocenters. The number of Topliss-reactive ketones (excluding diaryl/α,β-unsaturated/α-hetero) is 1. The second-order valence-corrected chi connectivity index (χ2v) is 18.2. The van der Waals surface area contributed by atoms with Crippen molar-refractivity contribution >= 4 is 44.6 Å². The second-order valence-electron chi connectivity index (χ2n) is 16.6. The van der Waals surface area contributed by atoms with Crippen LogP contribution >= 0.6 is 0 Å². The summed E-state index contributed by atoms with van der Waals surface area (Å²) in [5, 5.41) is 20.9. The molecule has 3 aliphatic carbocycles. The minimum absolute atomic E-state index is 0.00887. The molecule has 0 radical (unpaired) electrons. The summed E-state index contributed by atoms with van der Waals surface area (Å²) in [6, 6.07) is -4.57. The molecule has 284 valence electrons. The Morgan fingerprint density at radius 2 is 1.69 bits per heavy atom. The molecule has 0 aromatic carbocycles. The van der Waals surface area contributed by atoms with E-state index in [-0.39, 0.29) is 36.3 Å². The van der Waals surface area contributed by atoms with Crippen molar-refractivity contribution in [1.82, 2.24) is 25.6 Å². The number of carbonyl (C=O) groups excluding carboxylic acids is 5. The van der Waals surface area contributed by atoms with Gasteiger partial charge in [-0.05, 0) is 53.3 Å². The SMILES string of the molecule is C=CCNC(=O)C(=O)C(CC1CC1)NC(=O)[C@@H]1[C@@H]2[C@H](CN1C(=O)[C@@H](NC(=O)[C@@H](NS(=O)(=O)C(=N)/N=N\N)C1(C)CCCCC1)C(C)(C)C)C2(C)C. The highest BCUT2D eigenvalue weighted by atomic mass is 32.2. The summed E-state index contributed by atoms with van der Waals surface area (Å²) < 4.78 is 28.5.